The first kappa shape index (κ1) is 11.2. The molecule has 1 unspecified atom stereocenters. The molecule has 0 heterocycles. The van der Waals surface area contributed by atoms with Gasteiger partial charge in [-0.2, -0.15) is 0 Å². The van der Waals surface area contributed by atoms with Gasteiger partial charge in [-0.05, 0) is 29.7 Å². The van der Waals surface area contributed by atoms with Crippen LogP contribution in [0.3, 0.4) is 0 Å². The minimum Gasteiger partial charge on any atom is -0.368 e. The Labute approximate surface area is 97.1 Å². The third-order valence-corrected chi connectivity index (χ3v) is 2.73. The molecule has 0 saturated carbocycles. The first-order valence-electron chi connectivity index (χ1n) is 5.77. The largest absolute Gasteiger partial charge is 0.368 e. The molecule has 83 valence electrons. The lowest BCUT2D eigenvalue weighted by Gasteiger charge is -2.14. The Morgan fingerprint density at radius 1 is 1.12 bits per heavy atom. The monoisotopic (exact) mass is 213 g/mol. The third-order valence-electron chi connectivity index (χ3n) is 2.73. The summed E-state index contributed by atoms with van der Waals surface area (Å²) in [6, 6.07) is 14.8. The van der Waals surface area contributed by atoms with Gasteiger partial charge in [0.05, 0.1) is 12.7 Å². The number of ether oxygens (including phenoxy) is 1. The van der Waals surface area contributed by atoms with Crippen molar-refractivity contribution in [1.82, 2.24) is 0 Å². The molecule has 0 aliphatic rings. The minimum absolute atomic E-state index is 0.117. The van der Waals surface area contributed by atoms with Gasteiger partial charge < -0.3 is 4.74 Å². The summed E-state index contributed by atoms with van der Waals surface area (Å²) in [7, 11) is 0. The fourth-order valence-corrected chi connectivity index (χ4v) is 1.92. The van der Waals surface area contributed by atoms with E-state index in [4.69, 9.17) is 4.74 Å². The van der Waals surface area contributed by atoms with Gasteiger partial charge in [-0.15, -0.1) is 0 Å². The summed E-state index contributed by atoms with van der Waals surface area (Å²) in [5.41, 5.74) is 1.25. The quantitative estimate of drug-likeness (QED) is 0.727. The number of rotatable bonds is 4. The Balaban J connectivity index is 2.36. The van der Waals surface area contributed by atoms with Crippen molar-refractivity contribution in [3.63, 3.8) is 0 Å². The van der Waals surface area contributed by atoms with Crippen molar-refractivity contribution in [1.29, 1.82) is 0 Å². The van der Waals surface area contributed by atoms with E-state index in [1.54, 1.807) is 0 Å². The molecule has 1 heteroatoms. The van der Waals surface area contributed by atoms with Crippen molar-refractivity contribution in [3.05, 3.63) is 54.6 Å². The number of hydrogen-bond donors (Lipinski definition) is 0. The van der Waals surface area contributed by atoms with Gasteiger partial charge in [0.25, 0.3) is 0 Å². The highest BCUT2D eigenvalue weighted by atomic mass is 16.5. The van der Waals surface area contributed by atoms with Gasteiger partial charge in [-0.25, -0.2) is 0 Å². The topological polar surface area (TPSA) is 9.23 Å². The van der Waals surface area contributed by atoms with Crippen molar-refractivity contribution in [2.75, 3.05) is 0 Å². The first-order chi connectivity index (χ1) is 7.83. The lowest BCUT2D eigenvalue weighted by atomic mass is 10.0. The maximum absolute atomic E-state index is 5.66. The molecular weight excluding hydrogens is 196 g/mol. The summed E-state index contributed by atoms with van der Waals surface area (Å²) in [5, 5.41) is 2.55. The van der Waals surface area contributed by atoms with Crippen LogP contribution in [-0.4, -0.2) is 0 Å². The average Bonchev–Trinajstić information content (AvgIpc) is 2.35. The molecule has 0 N–H and O–H groups in total. The van der Waals surface area contributed by atoms with Crippen molar-refractivity contribution < 1.29 is 4.74 Å². The van der Waals surface area contributed by atoms with Crippen LogP contribution in [0.5, 0.6) is 0 Å². The van der Waals surface area contributed by atoms with Gasteiger partial charge >= 0.3 is 0 Å². The Bertz CT molecular complexity index is 456. The molecule has 0 aromatic heterocycles. The molecule has 0 amide bonds. The molecule has 2 rings (SSSR count). The van der Waals surface area contributed by atoms with E-state index >= 15 is 0 Å². The fourth-order valence-electron chi connectivity index (χ4n) is 1.92. The van der Waals surface area contributed by atoms with Crippen LogP contribution < -0.4 is 0 Å². The van der Waals surface area contributed by atoms with E-state index in [9.17, 15) is 0 Å². The molecule has 1 atom stereocenters. The summed E-state index contributed by atoms with van der Waals surface area (Å²) in [5.74, 6) is 0. The fraction of sp³-hybridized carbons (Fsp3) is 0.267. The van der Waals surface area contributed by atoms with Gasteiger partial charge in [0.15, 0.2) is 0 Å². The highest BCUT2D eigenvalue weighted by molar-refractivity contribution is 5.85. The molecular formula is C15H17O. The molecule has 0 fully saturated rings. The molecule has 0 aliphatic carbocycles. The first-order valence-corrected chi connectivity index (χ1v) is 5.77. The molecule has 0 saturated heterocycles. The van der Waals surface area contributed by atoms with E-state index in [-0.39, 0.29) is 6.10 Å². The standard InChI is InChI=1S/C15H17O/c1-3-11-16-12(2)14-10-6-8-13-7-4-5-9-15(13)14/h4-12H,3H2,1-2H3. The smallest absolute Gasteiger partial charge is 0.0842 e. The molecule has 2 aromatic carbocycles. The van der Waals surface area contributed by atoms with Gasteiger partial charge in [0.1, 0.15) is 0 Å². The molecule has 0 spiro atoms. The van der Waals surface area contributed by atoms with Crippen LogP contribution in [-0.2, 0) is 4.74 Å². The lowest BCUT2D eigenvalue weighted by molar-refractivity contribution is 0.119. The molecule has 1 nitrogen and oxygen atoms in total. The Morgan fingerprint density at radius 3 is 2.69 bits per heavy atom. The zero-order valence-corrected chi connectivity index (χ0v) is 9.81. The van der Waals surface area contributed by atoms with E-state index in [1.807, 2.05) is 6.61 Å². The normalized spacial score (nSPS) is 12.9. The highest BCUT2D eigenvalue weighted by Crippen LogP contribution is 2.26. The molecule has 0 aliphatic heterocycles. The second-order valence-corrected chi connectivity index (χ2v) is 3.92. The van der Waals surface area contributed by atoms with Crippen LogP contribution in [0.4, 0.5) is 0 Å². The Hall–Kier alpha value is -1.34. The zero-order chi connectivity index (χ0) is 11.4. The van der Waals surface area contributed by atoms with Crippen molar-refractivity contribution in [3.8, 4) is 0 Å². The average molecular weight is 213 g/mol. The second-order valence-electron chi connectivity index (χ2n) is 3.92. The Morgan fingerprint density at radius 2 is 1.88 bits per heavy atom. The highest BCUT2D eigenvalue weighted by Gasteiger charge is 2.08. The van der Waals surface area contributed by atoms with Gasteiger partial charge in [-0.1, -0.05) is 49.4 Å². The minimum atomic E-state index is 0.117. The van der Waals surface area contributed by atoms with E-state index in [1.165, 1.54) is 16.3 Å². The number of benzene rings is 2. The molecule has 2 aromatic rings. The van der Waals surface area contributed by atoms with Gasteiger partial charge in [0.2, 0.25) is 0 Å². The molecule has 16 heavy (non-hydrogen) atoms. The summed E-state index contributed by atoms with van der Waals surface area (Å²) in [6.07, 6.45) is 1.06. The van der Waals surface area contributed by atoms with Crippen LogP contribution in [0.25, 0.3) is 10.8 Å². The van der Waals surface area contributed by atoms with Gasteiger partial charge in [-0.3, -0.25) is 0 Å². The van der Waals surface area contributed by atoms with Crippen molar-refractivity contribution >= 4 is 10.8 Å². The molecule has 1 radical (unpaired) electrons. The van der Waals surface area contributed by atoms with Crippen LogP contribution in [0.2, 0.25) is 0 Å². The zero-order valence-electron chi connectivity index (χ0n) is 9.81. The Kier molecular flexibility index (Phi) is 3.58. The summed E-state index contributed by atoms with van der Waals surface area (Å²) in [6.45, 7) is 6.04. The summed E-state index contributed by atoms with van der Waals surface area (Å²) < 4.78 is 5.66. The van der Waals surface area contributed by atoms with Crippen LogP contribution in [0.1, 0.15) is 31.9 Å². The van der Waals surface area contributed by atoms with Crippen LogP contribution in [0.15, 0.2) is 42.5 Å². The third kappa shape index (κ3) is 2.25. The number of fused-ring (bicyclic) bond motifs is 1. The maximum Gasteiger partial charge on any atom is 0.0842 e. The maximum atomic E-state index is 5.66. The van der Waals surface area contributed by atoms with E-state index in [0.29, 0.717) is 0 Å². The lowest BCUT2D eigenvalue weighted by Crippen LogP contribution is -1.98. The SMILES string of the molecule is CC[CH]OC(C)c1cccc2ccccc12. The number of hydrogen-bond acceptors (Lipinski definition) is 1. The predicted octanol–water partition coefficient (Wildman–Crippen LogP) is 4.49. The van der Waals surface area contributed by atoms with Crippen molar-refractivity contribution in [2.45, 2.75) is 26.4 Å². The van der Waals surface area contributed by atoms with E-state index in [0.717, 1.165) is 6.42 Å². The summed E-state index contributed by atoms with van der Waals surface area (Å²) in [4.78, 5) is 0. The predicted molar refractivity (Wildman–Crippen MR) is 68.0 cm³/mol. The van der Waals surface area contributed by atoms with E-state index < -0.39 is 0 Å². The van der Waals surface area contributed by atoms with Crippen LogP contribution in [0, 0.1) is 6.61 Å². The van der Waals surface area contributed by atoms with Gasteiger partial charge in [0, 0.05) is 0 Å². The van der Waals surface area contributed by atoms with Crippen LogP contribution >= 0.6 is 0 Å². The molecule has 0 bridgehead atoms. The van der Waals surface area contributed by atoms with Crippen molar-refractivity contribution in [2.24, 2.45) is 0 Å². The summed E-state index contributed by atoms with van der Waals surface area (Å²) >= 11 is 0. The van der Waals surface area contributed by atoms with E-state index in [2.05, 4.69) is 56.3 Å². The second kappa shape index (κ2) is 5.13.